The van der Waals surface area contributed by atoms with Gasteiger partial charge < -0.3 is 19.3 Å². The Hall–Kier alpha value is -0.420. The van der Waals surface area contributed by atoms with Crippen LogP contribution in [0.1, 0.15) is 6.92 Å². The van der Waals surface area contributed by atoms with E-state index in [4.69, 9.17) is 19.3 Å². The molecule has 12 heavy (non-hydrogen) atoms. The van der Waals surface area contributed by atoms with Crippen LogP contribution in [0.2, 0.25) is 0 Å². The highest BCUT2D eigenvalue weighted by atomic mass is 16.8. The maximum absolute atomic E-state index is 9.05. The zero-order chi connectivity index (χ0) is 9.19. The van der Waals surface area contributed by atoms with Gasteiger partial charge in [0.1, 0.15) is 6.61 Å². The van der Waals surface area contributed by atoms with E-state index in [0.717, 1.165) is 5.57 Å². The molecule has 0 saturated carbocycles. The highest BCUT2D eigenvalue weighted by Gasteiger charge is 2.40. The van der Waals surface area contributed by atoms with E-state index in [9.17, 15) is 0 Å². The number of aliphatic hydroxyl groups excluding tert-OH is 1. The van der Waals surface area contributed by atoms with Gasteiger partial charge in [-0.15, -0.1) is 0 Å². The summed E-state index contributed by atoms with van der Waals surface area (Å²) in [6.45, 7) is 1.63. The van der Waals surface area contributed by atoms with Gasteiger partial charge in [-0.25, -0.2) is 0 Å². The van der Waals surface area contributed by atoms with Gasteiger partial charge in [-0.1, -0.05) is 0 Å². The monoisotopic (exact) mass is 174 g/mol. The zero-order valence-corrected chi connectivity index (χ0v) is 7.53. The third-order valence-electron chi connectivity index (χ3n) is 2.06. The Morgan fingerprint density at radius 3 is 2.58 bits per heavy atom. The molecule has 0 aromatic rings. The highest BCUT2D eigenvalue weighted by Crippen LogP contribution is 2.31. The van der Waals surface area contributed by atoms with Crippen LogP contribution in [0.3, 0.4) is 0 Å². The minimum absolute atomic E-state index is 0.203. The summed E-state index contributed by atoms with van der Waals surface area (Å²) in [5.41, 5.74) is 0.833. The number of ether oxygens (including phenoxy) is 3. The van der Waals surface area contributed by atoms with Gasteiger partial charge in [-0.2, -0.15) is 0 Å². The van der Waals surface area contributed by atoms with Crippen molar-refractivity contribution in [2.24, 2.45) is 0 Å². The molecule has 0 aromatic carbocycles. The van der Waals surface area contributed by atoms with E-state index in [1.807, 2.05) is 6.92 Å². The predicted octanol–water partition coefficient (Wildman–Crippen LogP) is 0.270. The maximum Gasteiger partial charge on any atom is 0.217 e. The van der Waals surface area contributed by atoms with E-state index in [1.54, 1.807) is 6.08 Å². The number of aliphatic hydroxyl groups is 1. The Labute approximate surface area is 71.7 Å². The molecule has 0 radical (unpaired) electrons. The molecule has 0 fully saturated rings. The Balaban J connectivity index is 2.76. The van der Waals surface area contributed by atoms with Gasteiger partial charge in [0, 0.05) is 14.2 Å². The molecule has 0 spiro atoms. The minimum atomic E-state index is -0.999. The second-order valence-electron chi connectivity index (χ2n) is 2.69. The Kier molecular flexibility index (Phi) is 2.85. The average molecular weight is 174 g/mol. The van der Waals surface area contributed by atoms with E-state index in [1.165, 1.54) is 14.2 Å². The Bertz CT molecular complexity index is 183. The number of rotatable bonds is 3. The van der Waals surface area contributed by atoms with Gasteiger partial charge in [0.2, 0.25) is 5.79 Å². The molecule has 0 saturated heterocycles. The third-order valence-corrected chi connectivity index (χ3v) is 2.06. The van der Waals surface area contributed by atoms with Crippen molar-refractivity contribution in [1.82, 2.24) is 0 Å². The summed E-state index contributed by atoms with van der Waals surface area (Å²) >= 11 is 0. The third kappa shape index (κ3) is 1.38. The predicted molar refractivity (Wildman–Crippen MR) is 42.5 cm³/mol. The van der Waals surface area contributed by atoms with Gasteiger partial charge in [-0.3, -0.25) is 0 Å². The molecule has 1 N–H and O–H groups in total. The minimum Gasteiger partial charge on any atom is -0.390 e. The molecule has 1 aliphatic heterocycles. The second-order valence-corrected chi connectivity index (χ2v) is 2.69. The van der Waals surface area contributed by atoms with Crippen LogP contribution in [-0.2, 0) is 14.2 Å². The molecule has 1 aliphatic rings. The van der Waals surface area contributed by atoms with E-state index < -0.39 is 12.1 Å². The molecule has 70 valence electrons. The van der Waals surface area contributed by atoms with Crippen LogP contribution < -0.4 is 0 Å². The molecular formula is C8H14O4. The van der Waals surface area contributed by atoms with E-state index in [2.05, 4.69) is 0 Å². The van der Waals surface area contributed by atoms with E-state index in [0.29, 0.717) is 0 Å². The van der Waals surface area contributed by atoms with Crippen molar-refractivity contribution in [2.75, 3.05) is 20.8 Å². The van der Waals surface area contributed by atoms with Crippen molar-refractivity contribution in [3.63, 3.8) is 0 Å². The molecule has 0 aromatic heterocycles. The number of hydrogen-bond donors (Lipinski definition) is 1. The van der Waals surface area contributed by atoms with Crippen molar-refractivity contribution in [1.29, 1.82) is 0 Å². The van der Waals surface area contributed by atoms with E-state index >= 15 is 0 Å². The van der Waals surface area contributed by atoms with Crippen molar-refractivity contribution >= 4 is 0 Å². The fourth-order valence-corrected chi connectivity index (χ4v) is 1.20. The van der Waals surface area contributed by atoms with Gasteiger partial charge >= 0.3 is 0 Å². The fraction of sp³-hybridized carbons (Fsp3) is 0.750. The number of hydrogen-bond acceptors (Lipinski definition) is 4. The van der Waals surface area contributed by atoms with E-state index in [-0.39, 0.29) is 6.61 Å². The van der Waals surface area contributed by atoms with Crippen molar-refractivity contribution in [2.45, 2.75) is 19.0 Å². The van der Waals surface area contributed by atoms with Crippen LogP contribution in [-0.4, -0.2) is 38.0 Å². The summed E-state index contributed by atoms with van der Waals surface area (Å²) in [7, 11) is 3.03. The second kappa shape index (κ2) is 3.53. The normalized spacial score (nSPS) is 35.3. The molecule has 2 atom stereocenters. The lowest BCUT2D eigenvalue weighted by Gasteiger charge is -2.27. The lowest BCUT2D eigenvalue weighted by Crippen LogP contribution is -2.38. The Morgan fingerprint density at radius 1 is 1.67 bits per heavy atom. The molecule has 1 rings (SSSR count). The first kappa shape index (κ1) is 9.67. The van der Waals surface area contributed by atoms with Crippen LogP contribution >= 0.6 is 0 Å². The zero-order valence-electron chi connectivity index (χ0n) is 7.53. The standard InChI is InChI=1S/C8H14O4/c1-6-4-7(10-2)12-8(6,5-9)11-3/h4,7,9H,5H2,1-3H3. The molecule has 2 unspecified atom stereocenters. The summed E-state index contributed by atoms with van der Waals surface area (Å²) in [4.78, 5) is 0. The lowest BCUT2D eigenvalue weighted by atomic mass is 10.1. The summed E-state index contributed by atoms with van der Waals surface area (Å²) in [6.07, 6.45) is 1.36. The van der Waals surface area contributed by atoms with Crippen molar-refractivity contribution < 1.29 is 19.3 Å². The van der Waals surface area contributed by atoms with Gasteiger partial charge in [0.05, 0.1) is 0 Å². The first-order valence-corrected chi connectivity index (χ1v) is 3.74. The molecule has 0 bridgehead atoms. The summed E-state index contributed by atoms with van der Waals surface area (Å²) in [5.74, 6) is -0.999. The highest BCUT2D eigenvalue weighted by molar-refractivity contribution is 5.17. The van der Waals surface area contributed by atoms with Crippen molar-refractivity contribution in [3.05, 3.63) is 11.6 Å². The smallest absolute Gasteiger partial charge is 0.217 e. The molecule has 1 heterocycles. The van der Waals surface area contributed by atoms with Gasteiger partial charge in [0.15, 0.2) is 6.29 Å². The van der Waals surface area contributed by atoms with Crippen LogP contribution in [0, 0.1) is 0 Å². The molecule has 4 heteroatoms. The summed E-state index contributed by atoms with van der Waals surface area (Å²) < 4.78 is 15.3. The lowest BCUT2D eigenvalue weighted by molar-refractivity contribution is -0.259. The van der Waals surface area contributed by atoms with Crippen LogP contribution in [0.15, 0.2) is 11.6 Å². The van der Waals surface area contributed by atoms with Gasteiger partial charge in [-0.05, 0) is 18.6 Å². The summed E-state index contributed by atoms with van der Waals surface area (Å²) in [6, 6.07) is 0. The Morgan fingerprint density at radius 2 is 2.33 bits per heavy atom. The SMILES string of the molecule is COC1C=C(C)C(CO)(OC)O1. The summed E-state index contributed by atoms with van der Waals surface area (Å²) in [5, 5.41) is 9.05. The molecule has 0 amide bonds. The molecular weight excluding hydrogens is 160 g/mol. The van der Waals surface area contributed by atoms with Crippen LogP contribution in [0.5, 0.6) is 0 Å². The quantitative estimate of drug-likeness (QED) is 0.624. The maximum atomic E-state index is 9.05. The first-order valence-electron chi connectivity index (χ1n) is 3.74. The topological polar surface area (TPSA) is 47.9 Å². The molecule has 0 aliphatic carbocycles. The number of methoxy groups -OCH3 is 2. The van der Waals surface area contributed by atoms with Crippen LogP contribution in [0.4, 0.5) is 0 Å². The van der Waals surface area contributed by atoms with Crippen LogP contribution in [0.25, 0.3) is 0 Å². The fourth-order valence-electron chi connectivity index (χ4n) is 1.20. The van der Waals surface area contributed by atoms with Crippen molar-refractivity contribution in [3.8, 4) is 0 Å². The average Bonchev–Trinajstić information content (AvgIpc) is 2.43. The van der Waals surface area contributed by atoms with Gasteiger partial charge in [0.25, 0.3) is 0 Å². The molecule has 4 nitrogen and oxygen atoms in total. The first-order chi connectivity index (χ1) is 5.68. The largest absolute Gasteiger partial charge is 0.390 e.